The molecule has 1 aliphatic heterocycles. The summed E-state index contributed by atoms with van der Waals surface area (Å²) in [5, 5.41) is 8.11. The summed E-state index contributed by atoms with van der Waals surface area (Å²) in [6.45, 7) is 5.14. The van der Waals surface area contributed by atoms with Crippen LogP contribution in [0.2, 0.25) is 0 Å². The molecule has 7 heteroatoms. The predicted molar refractivity (Wildman–Crippen MR) is 156 cm³/mol. The van der Waals surface area contributed by atoms with Gasteiger partial charge >= 0.3 is 6.03 Å². The van der Waals surface area contributed by atoms with Crippen LogP contribution in [0, 0.1) is 30.0 Å². The highest BCUT2D eigenvalue weighted by Gasteiger charge is 2.44. The number of nitrogens with one attached hydrogen (secondary N) is 1. The van der Waals surface area contributed by atoms with E-state index in [2.05, 4.69) is 24.0 Å². The standard InChI is InChI=1S/C32H37FN4O2/c1-23(12-7-6-10-17-34)28(21-35)32(3)20-27(38)22-37(31(39)36(32)4)30-24(2)18-26(19-29(30)33)16-11-15-25-13-8-5-9-14-25/h6-8,10,13-14,17-19,21,35H,5,9,12,16,20,22,34H2,1-4H3/b7-6-,17-10-,28-23-,35-21?/t32-/m0/s1. The molecular formula is C32H37FN4O2. The van der Waals surface area contributed by atoms with Gasteiger partial charge in [-0.15, -0.1) is 0 Å². The van der Waals surface area contributed by atoms with Gasteiger partial charge in [0.25, 0.3) is 0 Å². The van der Waals surface area contributed by atoms with Gasteiger partial charge in [0, 0.05) is 31.7 Å². The minimum Gasteiger partial charge on any atom is -0.405 e. The number of Topliss-reactive ketones (excluding diaryl/α,β-unsaturated/α-hetero) is 1. The highest BCUT2D eigenvalue weighted by molar-refractivity contribution is 6.03. The zero-order valence-electron chi connectivity index (χ0n) is 23.2. The van der Waals surface area contributed by atoms with E-state index in [0.29, 0.717) is 29.5 Å². The van der Waals surface area contributed by atoms with Crippen LogP contribution >= 0.6 is 0 Å². The molecule has 0 unspecified atom stereocenters. The Morgan fingerprint density at radius 3 is 2.67 bits per heavy atom. The van der Waals surface area contributed by atoms with Gasteiger partial charge in [-0.05, 0) is 75.1 Å². The average molecular weight is 529 g/mol. The summed E-state index contributed by atoms with van der Waals surface area (Å²) < 4.78 is 15.5. The fourth-order valence-electron chi connectivity index (χ4n) is 5.09. The maximum Gasteiger partial charge on any atom is 0.325 e. The van der Waals surface area contributed by atoms with Gasteiger partial charge in [0.1, 0.15) is 5.82 Å². The molecule has 1 atom stereocenters. The lowest BCUT2D eigenvalue weighted by molar-refractivity contribution is -0.118. The number of carbonyl (C=O) groups is 2. The van der Waals surface area contributed by atoms with E-state index in [-0.39, 0.29) is 24.4 Å². The largest absolute Gasteiger partial charge is 0.405 e. The van der Waals surface area contributed by atoms with Crippen LogP contribution in [0.5, 0.6) is 0 Å². The summed E-state index contributed by atoms with van der Waals surface area (Å²) in [7, 11) is 1.60. The van der Waals surface area contributed by atoms with E-state index in [0.717, 1.165) is 24.0 Å². The monoisotopic (exact) mass is 528 g/mol. The first-order valence-corrected chi connectivity index (χ1v) is 13.1. The van der Waals surface area contributed by atoms with E-state index < -0.39 is 17.4 Å². The highest BCUT2D eigenvalue weighted by atomic mass is 19.1. The van der Waals surface area contributed by atoms with Gasteiger partial charge in [0.2, 0.25) is 0 Å². The lowest BCUT2D eigenvalue weighted by Gasteiger charge is -2.39. The van der Waals surface area contributed by atoms with Crippen molar-refractivity contribution in [3.8, 4) is 11.8 Å². The molecule has 1 aromatic rings. The lowest BCUT2D eigenvalue weighted by atomic mass is 9.82. The molecule has 0 aromatic heterocycles. The number of carbonyl (C=O) groups excluding carboxylic acids is 2. The Hall–Kier alpha value is -4.18. The first kappa shape index (κ1) is 29.4. The number of hydrogen-bond donors (Lipinski definition) is 2. The van der Waals surface area contributed by atoms with E-state index in [4.69, 9.17) is 11.1 Å². The zero-order valence-corrected chi connectivity index (χ0v) is 23.2. The molecule has 3 rings (SSSR count). The minimum absolute atomic E-state index is 0.0127. The van der Waals surface area contributed by atoms with E-state index in [9.17, 15) is 9.59 Å². The number of ketones is 1. The number of aryl methyl sites for hydroxylation is 1. The van der Waals surface area contributed by atoms with Gasteiger partial charge < -0.3 is 16.0 Å². The molecule has 3 N–H and O–H groups in total. The van der Waals surface area contributed by atoms with Crippen LogP contribution in [0.25, 0.3) is 0 Å². The van der Waals surface area contributed by atoms with E-state index in [1.54, 1.807) is 33.0 Å². The van der Waals surface area contributed by atoms with Crippen molar-refractivity contribution in [3.63, 3.8) is 0 Å². The smallest absolute Gasteiger partial charge is 0.325 e. The van der Waals surface area contributed by atoms with E-state index in [1.165, 1.54) is 28.3 Å². The van der Waals surface area contributed by atoms with Crippen molar-refractivity contribution in [1.82, 2.24) is 4.90 Å². The van der Waals surface area contributed by atoms with Crippen LogP contribution in [0.4, 0.5) is 14.9 Å². The van der Waals surface area contributed by atoms with Crippen LogP contribution in [-0.4, -0.2) is 42.1 Å². The highest BCUT2D eigenvalue weighted by Crippen LogP contribution is 2.36. The fraction of sp³-hybridized carbons (Fsp3) is 0.344. The third-order valence-electron chi connectivity index (χ3n) is 7.20. The third-order valence-corrected chi connectivity index (χ3v) is 7.20. The van der Waals surface area contributed by atoms with Crippen LogP contribution in [0.1, 0.15) is 50.7 Å². The molecule has 1 saturated heterocycles. The number of amides is 2. The third kappa shape index (κ3) is 6.83. The summed E-state index contributed by atoms with van der Waals surface area (Å²) in [5.74, 6) is 5.43. The predicted octanol–water partition coefficient (Wildman–Crippen LogP) is 5.93. The second kappa shape index (κ2) is 13.1. The van der Waals surface area contributed by atoms with E-state index in [1.807, 2.05) is 25.1 Å². The molecule has 0 saturated carbocycles. The van der Waals surface area contributed by atoms with Crippen LogP contribution in [0.3, 0.4) is 0 Å². The number of nitrogens with two attached hydrogens (primary N) is 1. The maximum atomic E-state index is 15.5. The zero-order chi connectivity index (χ0) is 28.6. The molecule has 1 aromatic carbocycles. The number of hydrogen-bond acceptors (Lipinski definition) is 4. The second-order valence-corrected chi connectivity index (χ2v) is 10.1. The van der Waals surface area contributed by atoms with Crippen molar-refractivity contribution >= 4 is 23.7 Å². The Balaban J connectivity index is 1.91. The van der Waals surface area contributed by atoms with Gasteiger partial charge in [-0.1, -0.05) is 53.9 Å². The Morgan fingerprint density at radius 1 is 1.26 bits per heavy atom. The summed E-state index contributed by atoms with van der Waals surface area (Å²) >= 11 is 0. The van der Waals surface area contributed by atoms with Gasteiger partial charge in [-0.3, -0.25) is 9.69 Å². The molecule has 2 amide bonds. The number of anilines is 1. The van der Waals surface area contributed by atoms with Gasteiger partial charge in [0.05, 0.1) is 17.8 Å². The Bertz CT molecular complexity index is 1330. The molecular weight excluding hydrogens is 491 g/mol. The van der Waals surface area contributed by atoms with Crippen molar-refractivity contribution in [2.45, 2.75) is 58.4 Å². The van der Waals surface area contributed by atoms with Gasteiger partial charge in [-0.2, -0.15) is 0 Å². The van der Waals surface area contributed by atoms with Gasteiger partial charge in [-0.25, -0.2) is 9.18 Å². The molecule has 1 heterocycles. The summed E-state index contributed by atoms with van der Waals surface area (Å²) in [5.41, 5.74) is 8.05. The minimum atomic E-state index is -1.06. The number of nitrogens with zero attached hydrogens (tertiary/aromatic N) is 2. The summed E-state index contributed by atoms with van der Waals surface area (Å²) in [6, 6.07) is 2.71. The first-order valence-electron chi connectivity index (χ1n) is 13.1. The fourth-order valence-corrected chi connectivity index (χ4v) is 5.09. The number of halogens is 1. The van der Waals surface area contributed by atoms with Crippen molar-refractivity contribution < 1.29 is 14.0 Å². The molecule has 6 nitrogen and oxygen atoms in total. The number of urea groups is 1. The number of allylic oxidation sites excluding steroid dienone is 8. The molecule has 0 spiro atoms. The second-order valence-electron chi connectivity index (χ2n) is 10.1. The first-order chi connectivity index (χ1) is 18.6. The van der Waals surface area contributed by atoms with Crippen molar-refractivity contribution in [3.05, 3.63) is 88.5 Å². The Morgan fingerprint density at radius 2 is 2.03 bits per heavy atom. The molecule has 1 aliphatic carbocycles. The quantitative estimate of drug-likeness (QED) is 0.261. The number of rotatable bonds is 7. The Kier molecular flexibility index (Phi) is 9.84. The van der Waals surface area contributed by atoms with E-state index >= 15 is 4.39 Å². The normalized spacial score (nSPS) is 20.6. The summed E-state index contributed by atoms with van der Waals surface area (Å²) in [6.07, 6.45) is 17.1. The number of likely N-dealkylation sites (N-methyl/N-ethyl adjacent to an activating group) is 1. The van der Waals surface area contributed by atoms with Crippen molar-refractivity contribution in [2.75, 3.05) is 18.5 Å². The molecule has 0 bridgehead atoms. The molecule has 2 aliphatic rings. The molecule has 204 valence electrons. The van der Waals surface area contributed by atoms with Crippen LogP contribution < -0.4 is 10.6 Å². The average Bonchev–Trinajstić information content (AvgIpc) is 2.97. The van der Waals surface area contributed by atoms with Crippen LogP contribution in [-0.2, 0) is 11.2 Å². The Labute approximate surface area is 230 Å². The lowest BCUT2D eigenvalue weighted by Crippen LogP contribution is -2.52. The van der Waals surface area contributed by atoms with Crippen molar-refractivity contribution in [1.29, 1.82) is 5.41 Å². The topological polar surface area (TPSA) is 90.5 Å². The molecule has 39 heavy (non-hydrogen) atoms. The molecule has 1 fully saturated rings. The maximum absolute atomic E-state index is 15.5. The van der Waals surface area contributed by atoms with Crippen LogP contribution in [0.15, 0.2) is 71.5 Å². The summed E-state index contributed by atoms with van der Waals surface area (Å²) in [4.78, 5) is 29.6. The van der Waals surface area contributed by atoms with Gasteiger partial charge in [0.15, 0.2) is 5.78 Å². The number of benzene rings is 1. The van der Waals surface area contributed by atoms with Crippen molar-refractivity contribution in [2.24, 2.45) is 5.73 Å². The molecule has 0 radical (unpaired) electrons. The SMILES string of the molecule is C/C(C/C=C\C=C/N)=C(\C=N)[C@]1(C)CC(=O)CN(c2c(C)cc(CC#CC3=CCCC=C3)cc2F)C(=O)N1C.